The third-order valence-corrected chi connectivity index (χ3v) is 3.58. The number of nitrogens with zero attached hydrogens (tertiary/aromatic N) is 1. The molecule has 0 spiro atoms. The van der Waals surface area contributed by atoms with Crippen LogP contribution in [0.25, 0.3) is 0 Å². The van der Waals surface area contributed by atoms with Crippen LogP contribution < -0.4 is 15.2 Å². The van der Waals surface area contributed by atoms with Crippen molar-refractivity contribution in [1.29, 1.82) is 5.26 Å². The van der Waals surface area contributed by atoms with E-state index in [2.05, 4.69) is 22.0 Å². The van der Waals surface area contributed by atoms with Gasteiger partial charge in [-0.05, 0) is 51.3 Å². The predicted octanol–water partition coefficient (Wildman–Crippen LogP) is 3.37. The van der Waals surface area contributed by atoms with E-state index in [9.17, 15) is 0 Å². The van der Waals surface area contributed by atoms with Crippen LogP contribution >= 0.6 is 15.9 Å². The molecule has 4 nitrogen and oxygen atoms in total. The third-order valence-electron chi connectivity index (χ3n) is 2.99. The highest BCUT2D eigenvalue weighted by atomic mass is 79.9. The first-order valence-corrected chi connectivity index (χ1v) is 7.15. The van der Waals surface area contributed by atoms with Crippen molar-refractivity contribution in [2.75, 3.05) is 7.11 Å². The van der Waals surface area contributed by atoms with Crippen molar-refractivity contribution in [3.05, 3.63) is 57.6 Å². The average molecular weight is 347 g/mol. The van der Waals surface area contributed by atoms with E-state index >= 15 is 0 Å². The van der Waals surface area contributed by atoms with Crippen molar-refractivity contribution in [3.8, 4) is 17.6 Å². The maximum Gasteiger partial charge on any atom is 0.175 e. The van der Waals surface area contributed by atoms with Crippen LogP contribution in [-0.4, -0.2) is 7.11 Å². The second-order valence-electron chi connectivity index (χ2n) is 4.41. The zero-order valence-corrected chi connectivity index (χ0v) is 13.2. The summed E-state index contributed by atoms with van der Waals surface area (Å²) in [6.07, 6.45) is 0. The standard InChI is InChI=1S/C16H15BrN2O2/c1-20-15-7-13(9-19)6-14(17)16(15)21-10-12-4-2-11(8-18)3-5-12/h2-7H,9-10,19H2,1H3. The van der Waals surface area contributed by atoms with Gasteiger partial charge in [-0.25, -0.2) is 0 Å². The molecule has 0 atom stereocenters. The van der Waals surface area contributed by atoms with Gasteiger partial charge in [0.05, 0.1) is 23.2 Å². The average Bonchev–Trinajstić information content (AvgIpc) is 2.53. The number of nitriles is 1. The highest BCUT2D eigenvalue weighted by molar-refractivity contribution is 9.10. The molecule has 21 heavy (non-hydrogen) atoms. The minimum absolute atomic E-state index is 0.392. The largest absolute Gasteiger partial charge is 0.493 e. The summed E-state index contributed by atoms with van der Waals surface area (Å²) in [5, 5.41) is 8.78. The molecular formula is C16H15BrN2O2. The van der Waals surface area contributed by atoms with Crippen LogP contribution in [0.1, 0.15) is 16.7 Å². The van der Waals surface area contributed by atoms with Crippen LogP contribution in [0.2, 0.25) is 0 Å². The SMILES string of the molecule is COc1cc(CN)cc(Br)c1OCc1ccc(C#N)cc1. The lowest BCUT2D eigenvalue weighted by Gasteiger charge is -2.14. The molecule has 0 aliphatic rings. The van der Waals surface area contributed by atoms with Gasteiger partial charge in [-0.1, -0.05) is 12.1 Å². The van der Waals surface area contributed by atoms with E-state index in [4.69, 9.17) is 20.5 Å². The van der Waals surface area contributed by atoms with E-state index in [-0.39, 0.29) is 0 Å². The maximum absolute atomic E-state index is 8.78. The van der Waals surface area contributed by atoms with Crippen molar-refractivity contribution >= 4 is 15.9 Å². The second kappa shape index (κ2) is 7.11. The monoisotopic (exact) mass is 346 g/mol. The molecule has 0 heterocycles. The molecular weight excluding hydrogens is 332 g/mol. The van der Waals surface area contributed by atoms with Gasteiger partial charge in [-0.15, -0.1) is 0 Å². The zero-order chi connectivity index (χ0) is 15.2. The molecule has 0 aliphatic heterocycles. The van der Waals surface area contributed by atoms with E-state index in [0.29, 0.717) is 30.2 Å². The molecule has 0 aliphatic carbocycles. The first-order valence-electron chi connectivity index (χ1n) is 6.36. The highest BCUT2D eigenvalue weighted by Crippen LogP contribution is 2.37. The number of hydrogen-bond acceptors (Lipinski definition) is 4. The third kappa shape index (κ3) is 3.75. The van der Waals surface area contributed by atoms with Crippen LogP contribution in [0.5, 0.6) is 11.5 Å². The maximum atomic E-state index is 8.78. The minimum Gasteiger partial charge on any atom is -0.493 e. The Morgan fingerprint density at radius 3 is 2.48 bits per heavy atom. The Morgan fingerprint density at radius 2 is 1.90 bits per heavy atom. The Morgan fingerprint density at radius 1 is 1.19 bits per heavy atom. The van der Waals surface area contributed by atoms with Crippen LogP contribution in [0, 0.1) is 11.3 Å². The lowest BCUT2D eigenvalue weighted by Crippen LogP contribution is -2.02. The van der Waals surface area contributed by atoms with Gasteiger partial charge in [0.15, 0.2) is 11.5 Å². The normalized spacial score (nSPS) is 10.0. The molecule has 0 bridgehead atoms. The molecule has 0 aromatic heterocycles. The zero-order valence-electron chi connectivity index (χ0n) is 11.6. The van der Waals surface area contributed by atoms with Gasteiger partial charge < -0.3 is 15.2 Å². The lowest BCUT2D eigenvalue weighted by atomic mass is 10.1. The quantitative estimate of drug-likeness (QED) is 0.901. The predicted molar refractivity (Wildman–Crippen MR) is 84.1 cm³/mol. The fourth-order valence-electron chi connectivity index (χ4n) is 1.86. The minimum atomic E-state index is 0.392. The molecule has 0 saturated carbocycles. The van der Waals surface area contributed by atoms with Gasteiger partial charge in [0.25, 0.3) is 0 Å². The molecule has 2 aromatic rings. The number of ether oxygens (including phenoxy) is 2. The number of methoxy groups -OCH3 is 1. The van der Waals surface area contributed by atoms with Crippen LogP contribution in [-0.2, 0) is 13.2 Å². The molecule has 0 amide bonds. The Balaban J connectivity index is 2.17. The van der Waals surface area contributed by atoms with Gasteiger partial charge in [0, 0.05) is 6.54 Å². The van der Waals surface area contributed by atoms with Crippen molar-refractivity contribution in [1.82, 2.24) is 0 Å². The van der Waals surface area contributed by atoms with Crippen molar-refractivity contribution in [2.45, 2.75) is 13.2 Å². The second-order valence-corrected chi connectivity index (χ2v) is 5.26. The number of benzene rings is 2. The summed E-state index contributed by atoms with van der Waals surface area (Å²) in [6.45, 7) is 0.827. The smallest absolute Gasteiger partial charge is 0.175 e. The van der Waals surface area contributed by atoms with Gasteiger partial charge in [0.2, 0.25) is 0 Å². The fourth-order valence-corrected chi connectivity index (χ4v) is 2.47. The Kier molecular flexibility index (Phi) is 5.20. The Hall–Kier alpha value is -2.03. The van der Waals surface area contributed by atoms with Crippen molar-refractivity contribution < 1.29 is 9.47 Å². The molecule has 2 aromatic carbocycles. The van der Waals surface area contributed by atoms with Crippen molar-refractivity contribution in [3.63, 3.8) is 0 Å². The van der Waals surface area contributed by atoms with Crippen molar-refractivity contribution in [2.24, 2.45) is 5.73 Å². The van der Waals surface area contributed by atoms with E-state index < -0.39 is 0 Å². The number of hydrogen-bond donors (Lipinski definition) is 1. The number of nitrogens with two attached hydrogens (primary N) is 1. The molecule has 0 fully saturated rings. The van der Waals surface area contributed by atoms with Gasteiger partial charge in [-0.2, -0.15) is 5.26 Å². The summed E-state index contributed by atoms with van der Waals surface area (Å²) in [5.41, 5.74) is 8.21. The summed E-state index contributed by atoms with van der Waals surface area (Å²) < 4.78 is 12.0. The number of rotatable bonds is 5. The highest BCUT2D eigenvalue weighted by Gasteiger charge is 2.11. The summed E-state index contributed by atoms with van der Waals surface area (Å²) in [6, 6.07) is 13.1. The van der Waals surface area contributed by atoms with Gasteiger partial charge in [-0.3, -0.25) is 0 Å². The Bertz CT molecular complexity index is 663. The summed E-state index contributed by atoms with van der Waals surface area (Å²) in [7, 11) is 1.59. The first-order chi connectivity index (χ1) is 10.2. The molecule has 5 heteroatoms. The molecule has 0 saturated heterocycles. The topological polar surface area (TPSA) is 68.3 Å². The van der Waals surface area contributed by atoms with Crippen LogP contribution in [0.3, 0.4) is 0 Å². The van der Waals surface area contributed by atoms with Gasteiger partial charge >= 0.3 is 0 Å². The molecule has 2 rings (SSSR count). The fraction of sp³-hybridized carbons (Fsp3) is 0.188. The van der Waals surface area contributed by atoms with E-state index in [0.717, 1.165) is 15.6 Å². The molecule has 108 valence electrons. The van der Waals surface area contributed by atoms with Gasteiger partial charge in [0.1, 0.15) is 6.61 Å². The van der Waals surface area contributed by atoms with E-state index in [1.807, 2.05) is 24.3 Å². The van der Waals surface area contributed by atoms with Crippen LogP contribution in [0.15, 0.2) is 40.9 Å². The molecule has 2 N–H and O–H groups in total. The molecule has 0 unspecified atom stereocenters. The summed E-state index contributed by atoms with van der Waals surface area (Å²) in [4.78, 5) is 0. The van der Waals surface area contributed by atoms with E-state index in [1.54, 1.807) is 19.2 Å². The molecule has 0 radical (unpaired) electrons. The Labute approximate surface area is 132 Å². The van der Waals surface area contributed by atoms with Crippen LogP contribution in [0.4, 0.5) is 0 Å². The summed E-state index contributed by atoms with van der Waals surface area (Å²) in [5.74, 6) is 1.28. The summed E-state index contributed by atoms with van der Waals surface area (Å²) >= 11 is 3.47. The first kappa shape index (κ1) is 15.4. The van der Waals surface area contributed by atoms with E-state index in [1.165, 1.54) is 0 Å². The lowest BCUT2D eigenvalue weighted by molar-refractivity contribution is 0.282. The number of halogens is 1.